The number of nitrogen functional groups attached to an aromatic ring is 1. The third-order valence-corrected chi connectivity index (χ3v) is 3.08. The molecular weight excluding hydrogens is 248 g/mol. The molecule has 19 heavy (non-hydrogen) atoms. The Balaban J connectivity index is 2.01. The van der Waals surface area contributed by atoms with Crippen LogP contribution < -0.4 is 11.1 Å². The third-order valence-electron chi connectivity index (χ3n) is 3.08. The highest BCUT2D eigenvalue weighted by Gasteiger charge is 2.24. The molecule has 0 radical (unpaired) electrons. The molecule has 2 rings (SSSR count). The molecule has 1 aromatic rings. The molecule has 0 atom stereocenters. The second kappa shape index (κ2) is 5.29. The van der Waals surface area contributed by atoms with Crippen molar-refractivity contribution in [3.8, 4) is 0 Å². The molecule has 1 amide bonds. The van der Waals surface area contributed by atoms with Crippen molar-refractivity contribution in [2.45, 2.75) is 38.8 Å². The van der Waals surface area contributed by atoms with Crippen molar-refractivity contribution in [2.75, 3.05) is 12.8 Å². The monoisotopic (exact) mass is 266 g/mol. The minimum Gasteiger partial charge on any atom is -0.464 e. The third kappa shape index (κ3) is 3.04. The van der Waals surface area contributed by atoms with Gasteiger partial charge in [0.2, 0.25) is 5.91 Å². The molecular formula is C12H18N4O3. The summed E-state index contributed by atoms with van der Waals surface area (Å²) in [6.45, 7) is 2.14. The van der Waals surface area contributed by atoms with Crippen LogP contribution >= 0.6 is 0 Å². The number of methoxy groups -OCH3 is 1. The van der Waals surface area contributed by atoms with Gasteiger partial charge < -0.3 is 20.4 Å². The number of carbonyl (C=O) groups is 2. The minimum absolute atomic E-state index is 0.00498. The lowest BCUT2D eigenvalue weighted by Crippen LogP contribution is -2.26. The predicted molar refractivity (Wildman–Crippen MR) is 68.5 cm³/mol. The topological polar surface area (TPSA) is 99.2 Å². The zero-order valence-electron chi connectivity index (χ0n) is 11.1. The molecule has 0 aliphatic heterocycles. The molecule has 0 saturated heterocycles. The van der Waals surface area contributed by atoms with Gasteiger partial charge in [-0.15, -0.1) is 0 Å². The number of hydrogen-bond acceptors (Lipinski definition) is 5. The van der Waals surface area contributed by atoms with Gasteiger partial charge in [-0.2, -0.15) is 0 Å². The smallest absolute Gasteiger partial charge is 0.360 e. The normalized spacial score (nSPS) is 14.2. The predicted octanol–water partition coefficient (Wildman–Crippen LogP) is 0.229. The molecule has 1 fully saturated rings. The van der Waals surface area contributed by atoms with Crippen LogP contribution in [0.4, 0.5) is 5.82 Å². The number of esters is 1. The molecule has 0 aromatic carbocycles. The average Bonchev–Trinajstić information content (AvgIpc) is 3.13. The highest BCUT2D eigenvalue weighted by atomic mass is 16.5. The fourth-order valence-corrected chi connectivity index (χ4v) is 1.85. The zero-order valence-corrected chi connectivity index (χ0v) is 11.1. The molecule has 0 bridgehead atoms. The zero-order chi connectivity index (χ0) is 14.0. The second-order valence-electron chi connectivity index (χ2n) is 4.63. The highest BCUT2D eigenvalue weighted by Crippen LogP contribution is 2.19. The van der Waals surface area contributed by atoms with Crippen molar-refractivity contribution >= 4 is 17.7 Å². The average molecular weight is 266 g/mol. The van der Waals surface area contributed by atoms with Crippen LogP contribution in [0.25, 0.3) is 0 Å². The SMILES string of the molecule is COC(=O)c1nc(C)n(CCC(=O)NC2CC2)c1N. The van der Waals surface area contributed by atoms with E-state index in [0.29, 0.717) is 24.8 Å². The molecule has 1 heterocycles. The first-order valence-corrected chi connectivity index (χ1v) is 6.23. The van der Waals surface area contributed by atoms with Gasteiger partial charge in [-0.05, 0) is 19.8 Å². The van der Waals surface area contributed by atoms with E-state index in [2.05, 4.69) is 15.0 Å². The Hall–Kier alpha value is -2.05. The van der Waals surface area contributed by atoms with E-state index >= 15 is 0 Å². The number of aromatic nitrogens is 2. The fourth-order valence-electron chi connectivity index (χ4n) is 1.85. The lowest BCUT2D eigenvalue weighted by molar-refractivity contribution is -0.121. The Kier molecular flexibility index (Phi) is 3.73. The van der Waals surface area contributed by atoms with Crippen LogP contribution in [0.15, 0.2) is 0 Å². The van der Waals surface area contributed by atoms with Crippen LogP contribution in [0.2, 0.25) is 0 Å². The van der Waals surface area contributed by atoms with Crippen LogP contribution in [0, 0.1) is 6.92 Å². The molecule has 0 unspecified atom stereocenters. The standard InChI is InChI=1S/C12H18N4O3/c1-7-14-10(12(18)19-2)11(13)16(7)6-5-9(17)15-8-3-4-8/h8H,3-6,13H2,1-2H3,(H,15,17). The van der Waals surface area contributed by atoms with Crippen LogP contribution in [-0.2, 0) is 16.1 Å². The van der Waals surface area contributed by atoms with Crippen molar-refractivity contribution in [1.82, 2.24) is 14.9 Å². The van der Waals surface area contributed by atoms with E-state index in [-0.39, 0.29) is 17.4 Å². The van der Waals surface area contributed by atoms with Gasteiger partial charge in [0.05, 0.1) is 7.11 Å². The minimum atomic E-state index is -0.568. The molecule has 7 nitrogen and oxygen atoms in total. The Morgan fingerprint density at radius 3 is 2.79 bits per heavy atom. The molecule has 1 aliphatic rings. The van der Waals surface area contributed by atoms with Gasteiger partial charge in [0.25, 0.3) is 0 Å². The number of hydrogen-bond donors (Lipinski definition) is 2. The number of carbonyl (C=O) groups excluding carboxylic acids is 2. The second-order valence-corrected chi connectivity index (χ2v) is 4.63. The maximum absolute atomic E-state index is 11.6. The largest absolute Gasteiger partial charge is 0.464 e. The molecule has 3 N–H and O–H groups in total. The Labute approximate surface area is 111 Å². The summed E-state index contributed by atoms with van der Waals surface area (Å²) in [5.74, 6) is 0.261. The van der Waals surface area contributed by atoms with E-state index in [1.165, 1.54) is 7.11 Å². The van der Waals surface area contributed by atoms with E-state index < -0.39 is 5.97 Å². The number of amides is 1. The Morgan fingerprint density at radius 2 is 2.21 bits per heavy atom. The Bertz CT molecular complexity index is 505. The van der Waals surface area contributed by atoms with Crippen LogP contribution in [0.5, 0.6) is 0 Å². The van der Waals surface area contributed by atoms with Crippen molar-refractivity contribution in [1.29, 1.82) is 0 Å². The number of aryl methyl sites for hydroxylation is 1. The Morgan fingerprint density at radius 1 is 1.53 bits per heavy atom. The van der Waals surface area contributed by atoms with Crippen molar-refractivity contribution in [2.24, 2.45) is 0 Å². The molecule has 1 saturated carbocycles. The highest BCUT2D eigenvalue weighted by molar-refractivity contribution is 5.92. The molecule has 7 heteroatoms. The first-order chi connectivity index (χ1) is 9.02. The van der Waals surface area contributed by atoms with Gasteiger partial charge in [-0.1, -0.05) is 0 Å². The van der Waals surface area contributed by atoms with Gasteiger partial charge in [0.15, 0.2) is 5.69 Å². The van der Waals surface area contributed by atoms with Gasteiger partial charge in [0.1, 0.15) is 11.6 Å². The first kappa shape index (κ1) is 13.4. The fraction of sp³-hybridized carbons (Fsp3) is 0.583. The van der Waals surface area contributed by atoms with Crippen LogP contribution in [-0.4, -0.2) is 34.6 Å². The molecule has 1 aromatic heterocycles. The number of nitrogens with zero attached hydrogens (tertiary/aromatic N) is 2. The van der Waals surface area contributed by atoms with E-state index in [0.717, 1.165) is 12.8 Å². The summed E-state index contributed by atoms with van der Waals surface area (Å²) in [4.78, 5) is 27.1. The molecule has 104 valence electrons. The van der Waals surface area contributed by atoms with Gasteiger partial charge in [0, 0.05) is 19.0 Å². The van der Waals surface area contributed by atoms with E-state index in [4.69, 9.17) is 5.73 Å². The van der Waals surface area contributed by atoms with Crippen LogP contribution in [0.3, 0.4) is 0 Å². The maximum Gasteiger partial charge on any atom is 0.360 e. The summed E-state index contributed by atoms with van der Waals surface area (Å²) in [5, 5.41) is 2.90. The summed E-state index contributed by atoms with van der Waals surface area (Å²) in [6, 6.07) is 0.347. The summed E-state index contributed by atoms with van der Waals surface area (Å²) in [7, 11) is 1.28. The lowest BCUT2D eigenvalue weighted by Gasteiger charge is -2.08. The molecule has 0 spiro atoms. The number of imidazole rings is 1. The first-order valence-electron chi connectivity index (χ1n) is 6.23. The number of nitrogens with one attached hydrogen (secondary N) is 1. The van der Waals surface area contributed by atoms with E-state index in [9.17, 15) is 9.59 Å². The summed E-state index contributed by atoms with van der Waals surface area (Å²) >= 11 is 0. The molecule has 1 aliphatic carbocycles. The quantitative estimate of drug-likeness (QED) is 0.743. The van der Waals surface area contributed by atoms with Crippen molar-refractivity contribution in [3.05, 3.63) is 11.5 Å². The number of ether oxygens (including phenoxy) is 1. The van der Waals surface area contributed by atoms with Gasteiger partial charge in [-0.25, -0.2) is 9.78 Å². The van der Waals surface area contributed by atoms with Gasteiger partial charge in [-0.3, -0.25) is 4.79 Å². The van der Waals surface area contributed by atoms with E-state index in [1.807, 2.05) is 0 Å². The summed E-state index contributed by atoms with van der Waals surface area (Å²) in [6.07, 6.45) is 2.44. The lowest BCUT2D eigenvalue weighted by atomic mass is 10.3. The van der Waals surface area contributed by atoms with Crippen LogP contribution in [0.1, 0.15) is 35.6 Å². The number of anilines is 1. The number of rotatable bonds is 5. The van der Waals surface area contributed by atoms with Crippen molar-refractivity contribution in [3.63, 3.8) is 0 Å². The number of nitrogens with two attached hydrogens (primary N) is 1. The van der Waals surface area contributed by atoms with Crippen molar-refractivity contribution < 1.29 is 14.3 Å². The van der Waals surface area contributed by atoms with Gasteiger partial charge >= 0.3 is 5.97 Å². The summed E-state index contributed by atoms with van der Waals surface area (Å²) < 4.78 is 6.25. The maximum atomic E-state index is 11.6. The van der Waals surface area contributed by atoms with E-state index in [1.54, 1.807) is 11.5 Å². The summed E-state index contributed by atoms with van der Waals surface area (Å²) in [5.41, 5.74) is 5.95.